The number of aromatic amines is 2. The van der Waals surface area contributed by atoms with Gasteiger partial charge < -0.3 is 15.3 Å². The van der Waals surface area contributed by atoms with Crippen LogP contribution in [0, 0.1) is 0 Å². The second-order valence-electron chi connectivity index (χ2n) is 4.25. The molecule has 4 heteroatoms. The van der Waals surface area contributed by atoms with Gasteiger partial charge in [0.05, 0.1) is 11.0 Å². The fourth-order valence-electron chi connectivity index (χ4n) is 1.85. The van der Waals surface area contributed by atoms with Gasteiger partial charge in [-0.3, -0.25) is 0 Å². The van der Waals surface area contributed by atoms with Gasteiger partial charge in [0.2, 0.25) is 0 Å². The number of nitrogens with one attached hydrogen (secondary N) is 3. The molecular formula is C13H17N3O. The summed E-state index contributed by atoms with van der Waals surface area (Å²) in [6.45, 7) is 5.84. The third-order valence-electron chi connectivity index (χ3n) is 2.73. The molecule has 0 spiro atoms. The molecule has 0 aliphatic carbocycles. The second kappa shape index (κ2) is 4.91. The number of hydrogen-bond donors (Lipinski definition) is 3. The van der Waals surface area contributed by atoms with Crippen molar-refractivity contribution < 1.29 is 0 Å². The number of benzene rings is 1. The molecule has 3 N–H and O–H groups in total. The predicted octanol–water partition coefficient (Wildman–Crippen LogP) is 2.62. The highest BCUT2D eigenvalue weighted by Gasteiger charge is 2.03. The van der Waals surface area contributed by atoms with Crippen LogP contribution in [-0.2, 0) is 0 Å². The number of allylic oxidation sites excluding steroid dienone is 1. The lowest BCUT2D eigenvalue weighted by molar-refractivity contribution is 0.719. The van der Waals surface area contributed by atoms with Gasteiger partial charge in [-0.05, 0) is 38.0 Å². The zero-order chi connectivity index (χ0) is 12.3. The van der Waals surface area contributed by atoms with E-state index in [-0.39, 0.29) is 5.69 Å². The Labute approximate surface area is 99.8 Å². The lowest BCUT2D eigenvalue weighted by atomic mass is 10.1. The van der Waals surface area contributed by atoms with E-state index in [1.165, 1.54) is 0 Å². The Morgan fingerprint density at radius 3 is 2.94 bits per heavy atom. The van der Waals surface area contributed by atoms with E-state index in [0.29, 0.717) is 6.04 Å². The number of aromatic nitrogens is 2. The molecule has 90 valence electrons. The van der Waals surface area contributed by atoms with Gasteiger partial charge in [-0.25, -0.2) is 4.79 Å². The molecule has 0 saturated carbocycles. The van der Waals surface area contributed by atoms with Crippen molar-refractivity contribution in [3.8, 4) is 0 Å². The summed E-state index contributed by atoms with van der Waals surface area (Å²) in [7, 11) is 0. The molecule has 0 radical (unpaired) electrons. The monoisotopic (exact) mass is 231 g/mol. The Kier molecular flexibility index (Phi) is 3.32. The van der Waals surface area contributed by atoms with Crippen LogP contribution in [0.2, 0.25) is 0 Å². The van der Waals surface area contributed by atoms with Crippen molar-refractivity contribution in [3.63, 3.8) is 0 Å². The van der Waals surface area contributed by atoms with Crippen molar-refractivity contribution in [1.82, 2.24) is 9.97 Å². The zero-order valence-corrected chi connectivity index (χ0v) is 9.92. The van der Waals surface area contributed by atoms with E-state index < -0.39 is 0 Å². The van der Waals surface area contributed by atoms with Crippen molar-refractivity contribution in [2.45, 2.75) is 25.8 Å². The molecule has 1 heterocycles. The van der Waals surface area contributed by atoms with E-state index in [2.05, 4.69) is 28.8 Å². The lowest BCUT2D eigenvalue weighted by Gasteiger charge is -2.14. The fourth-order valence-corrected chi connectivity index (χ4v) is 1.85. The molecule has 0 aliphatic heterocycles. The Bertz CT molecular complexity index is 567. The normalized spacial score (nSPS) is 12.5. The summed E-state index contributed by atoms with van der Waals surface area (Å²) in [5.74, 6) is 0. The summed E-state index contributed by atoms with van der Waals surface area (Å²) in [5.41, 5.74) is 2.51. The van der Waals surface area contributed by atoms with Crippen LogP contribution in [0.15, 0.2) is 35.6 Å². The largest absolute Gasteiger partial charge is 0.383 e. The van der Waals surface area contributed by atoms with Gasteiger partial charge in [-0.1, -0.05) is 6.08 Å². The maximum Gasteiger partial charge on any atom is 0.323 e. The molecule has 17 heavy (non-hydrogen) atoms. The molecule has 0 saturated heterocycles. The first-order valence-corrected chi connectivity index (χ1v) is 5.78. The quantitative estimate of drug-likeness (QED) is 0.693. The first kappa shape index (κ1) is 11.5. The number of anilines is 1. The highest BCUT2D eigenvalue weighted by Crippen LogP contribution is 2.16. The number of fused-ring (bicyclic) bond motifs is 1. The number of H-pyrrole nitrogens is 2. The fraction of sp³-hybridized carbons (Fsp3) is 0.308. The highest BCUT2D eigenvalue weighted by molar-refractivity contribution is 5.78. The molecule has 1 aromatic carbocycles. The van der Waals surface area contributed by atoms with Crippen LogP contribution in [-0.4, -0.2) is 16.0 Å². The van der Waals surface area contributed by atoms with Gasteiger partial charge in [0.25, 0.3) is 0 Å². The van der Waals surface area contributed by atoms with Crippen LogP contribution in [0.4, 0.5) is 5.69 Å². The molecule has 0 fully saturated rings. The average Bonchev–Trinajstić information content (AvgIpc) is 2.65. The minimum absolute atomic E-state index is 0.170. The summed E-state index contributed by atoms with van der Waals surface area (Å²) in [5, 5.41) is 3.39. The maximum atomic E-state index is 11.1. The molecular weight excluding hydrogens is 214 g/mol. The second-order valence-corrected chi connectivity index (χ2v) is 4.25. The van der Waals surface area contributed by atoms with E-state index in [0.717, 1.165) is 29.6 Å². The minimum atomic E-state index is -0.170. The van der Waals surface area contributed by atoms with Gasteiger partial charge in [0.15, 0.2) is 0 Å². The average molecular weight is 231 g/mol. The standard InChI is InChI=1S/C13H17N3O/c1-3-4-5-9(2)14-10-6-7-11-12(8-10)16-13(17)15-11/h3,6-9,14H,1,4-5H2,2H3,(H2,15,16,17). The lowest BCUT2D eigenvalue weighted by Crippen LogP contribution is -2.14. The van der Waals surface area contributed by atoms with Crippen LogP contribution in [0.3, 0.4) is 0 Å². The predicted molar refractivity (Wildman–Crippen MR) is 71.4 cm³/mol. The summed E-state index contributed by atoms with van der Waals surface area (Å²) < 4.78 is 0. The number of hydrogen-bond acceptors (Lipinski definition) is 2. The number of imidazole rings is 1. The Hall–Kier alpha value is -1.97. The van der Waals surface area contributed by atoms with Gasteiger partial charge >= 0.3 is 5.69 Å². The van der Waals surface area contributed by atoms with Gasteiger partial charge in [0.1, 0.15) is 0 Å². The van der Waals surface area contributed by atoms with E-state index in [1.54, 1.807) is 0 Å². The molecule has 2 rings (SSSR count). The summed E-state index contributed by atoms with van der Waals surface area (Å²) >= 11 is 0. The van der Waals surface area contributed by atoms with Gasteiger partial charge in [-0.2, -0.15) is 0 Å². The van der Waals surface area contributed by atoms with Crippen LogP contribution >= 0.6 is 0 Å². The molecule has 0 bridgehead atoms. The molecule has 1 aromatic heterocycles. The van der Waals surface area contributed by atoms with Crippen molar-refractivity contribution in [2.24, 2.45) is 0 Å². The zero-order valence-electron chi connectivity index (χ0n) is 9.92. The van der Waals surface area contributed by atoms with Gasteiger partial charge in [-0.15, -0.1) is 6.58 Å². The molecule has 4 nitrogen and oxygen atoms in total. The third kappa shape index (κ3) is 2.78. The van der Waals surface area contributed by atoms with Crippen molar-refractivity contribution in [3.05, 3.63) is 41.3 Å². The van der Waals surface area contributed by atoms with Crippen molar-refractivity contribution in [1.29, 1.82) is 0 Å². The third-order valence-corrected chi connectivity index (χ3v) is 2.73. The van der Waals surface area contributed by atoms with E-state index in [9.17, 15) is 4.79 Å². The Balaban J connectivity index is 2.13. The summed E-state index contributed by atoms with van der Waals surface area (Å²) in [6, 6.07) is 6.19. The van der Waals surface area contributed by atoms with E-state index in [4.69, 9.17) is 0 Å². The topological polar surface area (TPSA) is 60.7 Å². The molecule has 0 aliphatic rings. The van der Waals surface area contributed by atoms with Crippen LogP contribution in [0.25, 0.3) is 11.0 Å². The van der Waals surface area contributed by atoms with Crippen molar-refractivity contribution >= 4 is 16.7 Å². The minimum Gasteiger partial charge on any atom is -0.383 e. The first-order valence-electron chi connectivity index (χ1n) is 5.78. The van der Waals surface area contributed by atoms with Gasteiger partial charge in [0, 0.05) is 11.7 Å². The Morgan fingerprint density at radius 2 is 2.18 bits per heavy atom. The van der Waals surface area contributed by atoms with Crippen LogP contribution in [0.1, 0.15) is 19.8 Å². The molecule has 2 aromatic rings. The Morgan fingerprint density at radius 1 is 1.41 bits per heavy atom. The molecule has 0 amide bonds. The van der Waals surface area contributed by atoms with Crippen LogP contribution < -0.4 is 11.0 Å². The molecule has 1 unspecified atom stereocenters. The summed E-state index contributed by atoms with van der Waals surface area (Å²) in [4.78, 5) is 16.6. The highest BCUT2D eigenvalue weighted by atomic mass is 16.1. The first-order chi connectivity index (χ1) is 8.19. The summed E-state index contributed by atoms with van der Waals surface area (Å²) in [6.07, 6.45) is 3.97. The van der Waals surface area contributed by atoms with E-state index >= 15 is 0 Å². The van der Waals surface area contributed by atoms with E-state index in [1.807, 2.05) is 24.3 Å². The number of rotatable bonds is 5. The SMILES string of the molecule is C=CCCC(C)Nc1ccc2[nH]c(=O)[nH]c2c1. The van der Waals surface area contributed by atoms with Crippen LogP contribution in [0.5, 0.6) is 0 Å². The maximum absolute atomic E-state index is 11.1. The smallest absolute Gasteiger partial charge is 0.323 e. The van der Waals surface area contributed by atoms with Crippen molar-refractivity contribution in [2.75, 3.05) is 5.32 Å². The molecule has 1 atom stereocenters.